The number of carboxylic acids is 1. The Morgan fingerprint density at radius 2 is 2.14 bits per heavy atom. The first kappa shape index (κ1) is 11.5. The summed E-state index contributed by atoms with van der Waals surface area (Å²) in [5.74, 6) is -0.316. The highest BCUT2D eigenvalue weighted by Crippen LogP contribution is 2.33. The van der Waals surface area contributed by atoms with E-state index in [1.807, 2.05) is 0 Å². The molecule has 2 atom stereocenters. The lowest BCUT2D eigenvalue weighted by Gasteiger charge is -2.28. The summed E-state index contributed by atoms with van der Waals surface area (Å²) in [5.41, 5.74) is 0. The molecule has 1 aliphatic rings. The predicted octanol–water partition coefficient (Wildman–Crippen LogP) is 2.30. The number of methoxy groups -OCH3 is 1. The van der Waals surface area contributed by atoms with E-state index in [9.17, 15) is 4.79 Å². The highest BCUT2D eigenvalue weighted by molar-refractivity contribution is 5.70. The molecule has 82 valence electrons. The first-order valence-electron chi connectivity index (χ1n) is 5.47. The standard InChI is InChI=1S/C11H20O3/c1-14-8-4-6-9-5-2-3-7-10(9)11(12)13/h9-10H,2-8H2,1H3,(H,12,13). The molecule has 1 aliphatic carbocycles. The van der Waals surface area contributed by atoms with E-state index in [2.05, 4.69) is 0 Å². The number of hydrogen-bond donors (Lipinski definition) is 1. The van der Waals surface area contributed by atoms with E-state index in [0.29, 0.717) is 5.92 Å². The lowest BCUT2D eigenvalue weighted by molar-refractivity contribution is -0.145. The van der Waals surface area contributed by atoms with Crippen molar-refractivity contribution >= 4 is 5.97 Å². The molecule has 3 nitrogen and oxygen atoms in total. The monoisotopic (exact) mass is 200 g/mol. The Morgan fingerprint density at radius 1 is 1.43 bits per heavy atom. The Labute approximate surface area is 85.5 Å². The van der Waals surface area contributed by atoms with Crippen LogP contribution in [0.2, 0.25) is 0 Å². The number of carboxylic acid groups (broad SMARTS) is 1. The highest BCUT2D eigenvalue weighted by atomic mass is 16.5. The second-order valence-corrected chi connectivity index (χ2v) is 4.12. The lowest BCUT2D eigenvalue weighted by Crippen LogP contribution is -2.27. The topological polar surface area (TPSA) is 46.5 Å². The molecule has 0 spiro atoms. The molecule has 3 heteroatoms. The molecule has 1 saturated carbocycles. The summed E-state index contributed by atoms with van der Waals surface area (Å²) >= 11 is 0. The van der Waals surface area contributed by atoms with Crippen molar-refractivity contribution in [2.24, 2.45) is 11.8 Å². The summed E-state index contributed by atoms with van der Waals surface area (Å²) in [5, 5.41) is 9.03. The van der Waals surface area contributed by atoms with Gasteiger partial charge in [0.15, 0.2) is 0 Å². The third kappa shape index (κ3) is 3.29. The van der Waals surface area contributed by atoms with Crippen LogP contribution in [0.3, 0.4) is 0 Å². The highest BCUT2D eigenvalue weighted by Gasteiger charge is 2.29. The minimum Gasteiger partial charge on any atom is -0.481 e. The average Bonchev–Trinajstić information content (AvgIpc) is 2.19. The van der Waals surface area contributed by atoms with Crippen molar-refractivity contribution in [2.75, 3.05) is 13.7 Å². The second-order valence-electron chi connectivity index (χ2n) is 4.12. The van der Waals surface area contributed by atoms with Gasteiger partial charge in [-0.05, 0) is 31.6 Å². The fourth-order valence-corrected chi connectivity index (χ4v) is 2.37. The summed E-state index contributed by atoms with van der Waals surface area (Å²) < 4.78 is 4.98. The van der Waals surface area contributed by atoms with Crippen molar-refractivity contribution in [3.8, 4) is 0 Å². The molecule has 0 aromatic heterocycles. The molecule has 2 unspecified atom stereocenters. The van der Waals surface area contributed by atoms with Crippen molar-refractivity contribution in [1.29, 1.82) is 0 Å². The molecular weight excluding hydrogens is 180 g/mol. The van der Waals surface area contributed by atoms with Crippen molar-refractivity contribution < 1.29 is 14.6 Å². The third-order valence-corrected chi connectivity index (χ3v) is 3.15. The molecule has 0 aliphatic heterocycles. The summed E-state index contributed by atoms with van der Waals surface area (Å²) in [6.45, 7) is 0.753. The van der Waals surface area contributed by atoms with Gasteiger partial charge < -0.3 is 9.84 Å². The number of rotatable bonds is 5. The predicted molar refractivity (Wildman–Crippen MR) is 54.2 cm³/mol. The Kier molecular flexibility index (Phi) is 4.94. The fraction of sp³-hybridized carbons (Fsp3) is 0.909. The van der Waals surface area contributed by atoms with E-state index in [-0.39, 0.29) is 5.92 Å². The van der Waals surface area contributed by atoms with Gasteiger partial charge in [-0.25, -0.2) is 0 Å². The Hall–Kier alpha value is -0.570. The summed E-state index contributed by atoms with van der Waals surface area (Å²) in [6, 6.07) is 0. The van der Waals surface area contributed by atoms with Crippen molar-refractivity contribution in [2.45, 2.75) is 38.5 Å². The van der Waals surface area contributed by atoms with Crippen LogP contribution in [0.25, 0.3) is 0 Å². The Balaban J connectivity index is 2.34. The first-order valence-corrected chi connectivity index (χ1v) is 5.47. The van der Waals surface area contributed by atoms with Gasteiger partial charge in [0.05, 0.1) is 5.92 Å². The maximum Gasteiger partial charge on any atom is 0.306 e. The van der Waals surface area contributed by atoms with Crippen LogP contribution in [0.1, 0.15) is 38.5 Å². The SMILES string of the molecule is COCCCC1CCCCC1C(=O)O. The lowest BCUT2D eigenvalue weighted by atomic mass is 9.77. The average molecular weight is 200 g/mol. The first-order chi connectivity index (χ1) is 6.75. The third-order valence-electron chi connectivity index (χ3n) is 3.15. The van der Waals surface area contributed by atoms with Gasteiger partial charge in [-0.1, -0.05) is 12.8 Å². The van der Waals surface area contributed by atoms with Crippen LogP contribution < -0.4 is 0 Å². The summed E-state index contributed by atoms with van der Waals surface area (Å²) in [6.07, 6.45) is 6.22. The Bertz CT molecular complexity index is 179. The number of aliphatic carboxylic acids is 1. The molecule has 0 aromatic rings. The smallest absolute Gasteiger partial charge is 0.306 e. The van der Waals surface area contributed by atoms with E-state index >= 15 is 0 Å². The van der Waals surface area contributed by atoms with Gasteiger partial charge in [-0.3, -0.25) is 4.79 Å². The van der Waals surface area contributed by atoms with Crippen LogP contribution in [0, 0.1) is 11.8 Å². The molecule has 14 heavy (non-hydrogen) atoms. The van der Waals surface area contributed by atoms with Crippen LogP contribution in [-0.4, -0.2) is 24.8 Å². The van der Waals surface area contributed by atoms with E-state index in [1.165, 1.54) is 6.42 Å². The normalized spacial score (nSPS) is 27.5. The van der Waals surface area contributed by atoms with Gasteiger partial charge in [0.25, 0.3) is 0 Å². The summed E-state index contributed by atoms with van der Waals surface area (Å²) in [4.78, 5) is 11.0. The van der Waals surface area contributed by atoms with Crippen molar-refractivity contribution in [3.63, 3.8) is 0 Å². The van der Waals surface area contributed by atoms with E-state index in [0.717, 1.165) is 38.7 Å². The molecule has 1 fully saturated rings. The van der Waals surface area contributed by atoms with Gasteiger partial charge >= 0.3 is 5.97 Å². The molecule has 0 bridgehead atoms. The minimum atomic E-state index is -0.605. The molecule has 0 heterocycles. The van der Waals surface area contributed by atoms with Crippen LogP contribution in [0.5, 0.6) is 0 Å². The van der Waals surface area contributed by atoms with Gasteiger partial charge in [0.2, 0.25) is 0 Å². The molecule has 1 N–H and O–H groups in total. The van der Waals surface area contributed by atoms with Crippen molar-refractivity contribution in [3.05, 3.63) is 0 Å². The maximum atomic E-state index is 11.0. The number of hydrogen-bond acceptors (Lipinski definition) is 2. The van der Waals surface area contributed by atoms with E-state index in [4.69, 9.17) is 9.84 Å². The molecule has 0 saturated heterocycles. The van der Waals surface area contributed by atoms with Gasteiger partial charge in [0.1, 0.15) is 0 Å². The molecular formula is C11H20O3. The molecule has 0 radical (unpaired) electrons. The summed E-state index contributed by atoms with van der Waals surface area (Å²) in [7, 11) is 1.69. The number of ether oxygens (including phenoxy) is 1. The molecule has 0 amide bonds. The van der Waals surface area contributed by atoms with Crippen molar-refractivity contribution in [1.82, 2.24) is 0 Å². The van der Waals surface area contributed by atoms with Gasteiger partial charge in [-0.15, -0.1) is 0 Å². The quantitative estimate of drug-likeness (QED) is 0.693. The molecule has 0 aromatic carbocycles. The zero-order valence-corrected chi connectivity index (χ0v) is 8.87. The zero-order chi connectivity index (χ0) is 10.4. The van der Waals surface area contributed by atoms with E-state index in [1.54, 1.807) is 7.11 Å². The van der Waals surface area contributed by atoms with Crippen LogP contribution >= 0.6 is 0 Å². The minimum absolute atomic E-state index is 0.0967. The van der Waals surface area contributed by atoms with Gasteiger partial charge in [0, 0.05) is 13.7 Å². The van der Waals surface area contributed by atoms with Crippen LogP contribution in [0.15, 0.2) is 0 Å². The Morgan fingerprint density at radius 3 is 2.79 bits per heavy atom. The van der Waals surface area contributed by atoms with Crippen LogP contribution in [0.4, 0.5) is 0 Å². The van der Waals surface area contributed by atoms with Crippen LogP contribution in [-0.2, 0) is 9.53 Å². The second kappa shape index (κ2) is 6.02. The number of carbonyl (C=O) groups is 1. The zero-order valence-electron chi connectivity index (χ0n) is 8.87. The van der Waals surface area contributed by atoms with Gasteiger partial charge in [-0.2, -0.15) is 0 Å². The molecule has 1 rings (SSSR count). The fourth-order valence-electron chi connectivity index (χ4n) is 2.37. The van der Waals surface area contributed by atoms with E-state index < -0.39 is 5.97 Å². The largest absolute Gasteiger partial charge is 0.481 e. The maximum absolute atomic E-state index is 11.0.